The van der Waals surface area contributed by atoms with Gasteiger partial charge in [-0.2, -0.15) is 4.98 Å². The normalized spacial score (nSPS) is 17.0. The molecular formula is C19H19N3O3S. The van der Waals surface area contributed by atoms with Gasteiger partial charge in [0.25, 0.3) is 0 Å². The van der Waals surface area contributed by atoms with Gasteiger partial charge in [-0.25, -0.2) is 13.1 Å². The number of nitrogens with zero attached hydrogens (tertiary/aromatic N) is 2. The highest BCUT2D eigenvalue weighted by atomic mass is 32.2. The molecule has 6 nitrogen and oxygen atoms in total. The number of fused-ring (bicyclic) bond motifs is 1. The minimum absolute atomic E-state index is 0.195. The van der Waals surface area contributed by atoms with Crippen LogP contribution in [0.1, 0.15) is 35.9 Å². The number of aromatic nitrogens is 2. The summed E-state index contributed by atoms with van der Waals surface area (Å²) in [5.74, 6) is 0.813. The van der Waals surface area contributed by atoms with Crippen molar-refractivity contribution in [1.29, 1.82) is 0 Å². The first-order valence-corrected chi connectivity index (χ1v) is 10.0. The highest BCUT2D eigenvalue weighted by Gasteiger charge is 2.26. The average molecular weight is 369 g/mol. The van der Waals surface area contributed by atoms with Crippen LogP contribution in [0.2, 0.25) is 0 Å². The first-order chi connectivity index (χ1) is 12.5. The summed E-state index contributed by atoms with van der Waals surface area (Å²) in [6.07, 6.45) is 2.74. The van der Waals surface area contributed by atoms with Crippen molar-refractivity contribution in [3.05, 3.63) is 65.5 Å². The van der Waals surface area contributed by atoms with Crippen molar-refractivity contribution in [3.63, 3.8) is 0 Å². The van der Waals surface area contributed by atoms with E-state index in [0.717, 1.165) is 24.8 Å². The number of benzene rings is 2. The number of nitrogens with one attached hydrogen (secondary N) is 1. The molecule has 26 heavy (non-hydrogen) atoms. The van der Waals surface area contributed by atoms with Crippen molar-refractivity contribution in [2.45, 2.75) is 37.1 Å². The molecule has 134 valence electrons. The number of sulfonamides is 1. The van der Waals surface area contributed by atoms with E-state index < -0.39 is 10.0 Å². The van der Waals surface area contributed by atoms with Crippen molar-refractivity contribution in [3.8, 4) is 11.4 Å². The molecule has 0 fully saturated rings. The molecule has 0 saturated carbocycles. The van der Waals surface area contributed by atoms with Crippen LogP contribution in [0.5, 0.6) is 0 Å². The summed E-state index contributed by atoms with van der Waals surface area (Å²) in [5, 5.41) is 3.85. The van der Waals surface area contributed by atoms with Crippen molar-refractivity contribution in [2.75, 3.05) is 0 Å². The molecule has 0 radical (unpaired) electrons. The molecule has 1 aliphatic carbocycles. The maximum Gasteiger partial charge on any atom is 0.241 e. The lowest BCUT2D eigenvalue weighted by atomic mass is 9.88. The van der Waals surface area contributed by atoms with Crippen molar-refractivity contribution < 1.29 is 12.9 Å². The highest BCUT2D eigenvalue weighted by Crippen LogP contribution is 2.31. The number of hydrogen-bond acceptors (Lipinski definition) is 5. The lowest BCUT2D eigenvalue weighted by Crippen LogP contribution is -2.31. The molecule has 1 atom stereocenters. The third kappa shape index (κ3) is 3.27. The molecule has 4 rings (SSSR count). The molecule has 7 heteroatoms. The quantitative estimate of drug-likeness (QED) is 0.762. The maximum absolute atomic E-state index is 12.9. The van der Waals surface area contributed by atoms with E-state index in [1.165, 1.54) is 5.56 Å². The van der Waals surface area contributed by atoms with Crippen LogP contribution in [-0.4, -0.2) is 18.6 Å². The van der Waals surface area contributed by atoms with Crippen LogP contribution in [0.15, 0.2) is 57.9 Å². The molecular weight excluding hydrogens is 350 g/mol. The summed E-state index contributed by atoms with van der Waals surface area (Å²) >= 11 is 0. The molecule has 0 saturated heterocycles. The van der Waals surface area contributed by atoms with Crippen LogP contribution in [0, 0.1) is 6.92 Å². The molecule has 1 aromatic heterocycles. The van der Waals surface area contributed by atoms with E-state index in [4.69, 9.17) is 4.52 Å². The fraction of sp³-hybridized carbons (Fsp3) is 0.263. The van der Waals surface area contributed by atoms with Crippen LogP contribution in [0.3, 0.4) is 0 Å². The summed E-state index contributed by atoms with van der Waals surface area (Å²) in [6.45, 7) is 1.69. The second-order valence-corrected chi connectivity index (χ2v) is 8.14. The van der Waals surface area contributed by atoms with Crippen molar-refractivity contribution >= 4 is 10.0 Å². The van der Waals surface area contributed by atoms with Gasteiger partial charge in [0.05, 0.1) is 4.90 Å². The standard InChI is InChI=1S/C19H19N3O3S/c1-13-20-19(21-25-13)15-8-4-9-16(12-15)26(23,24)22-18-11-5-7-14-6-2-3-10-17(14)18/h2-4,6,8-10,12,18,22H,5,7,11H2,1H3. The lowest BCUT2D eigenvalue weighted by Gasteiger charge is -2.26. The topological polar surface area (TPSA) is 85.1 Å². The Labute approximate surface area is 152 Å². The van der Waals surface area contributed by atoms with Gasteiger partial charge in [-0.05, 0) is 42.5 Å². The van der Waals surface area contributed by atoms with E-state index in [1.54, 1.807) is 31.2 Å². The molecule has 1 N–H and O–H groups in total. The molecule has 0 amide bonds. The SMILES string of the molecule is Cc1nc(-c2cccc(S(=O)(=O)NC3CCCc4ccccc43)c2)no1. The average Bonchev–Trinajstić information content (AvgIpc) is 3.08. The van der Waals surface area contributed by atoms with Gasteiger partial charge >= 0.3 is 0 Å². The van der Waals surface area contributed by atoms with Gasteiger partial charge in [-0.15, -0.1) is 0 Å². The van der Waals surface area contributed by atoms with E-state index in [1.807, 2.05) is 18.2 Å². The van der Waals surface area contributed by atoms with Crippen LogP contribution >= 0.6 is 0 Å². The molecule has 0 spiro atoms. The Hall–Kier alpha value is -2.51. The minimum atomic E-state index is -3.66. The van der Waals surface area contributed by atoms with Gasteiger partial charge in [0.15, 0.2) is 0 Å². The van der Waals surface area contributed by atoms with E-state index >= 15 is 0 Å². The van der Waals surface area contributed by atoms with E-state index in [9.17, 15) is 8.42 Å². The van der Waals surface area contributed by atoms with Crippen LogP contribution in [0.25, 0.3) is 11.4 Å². The molecule has 3 aromatic rings. The highest BCUT2D eigenvalue weighted by molar-refractivity contribution is 7.89. The number of rotatable bonds is 4. The molecule has 1 aliphatic rings. The van der Waals surface area contributed by atoms with Crippen LogP contribution in [0.4, 0.5) is 0 Å². The second-order valence-electron chi connectivity index (χ2n) is 6.43. The Morgan fingerprint density at radius 2 is 2.00 bits per heavy atom. The van der Waals surface area contributed by atoms with E-state index in [2.05, 4.69) is 20.9 Å². The largest absolute Gasteiger partial charge is 0.339 e. The Balaban J connectivity index is 1.64. The Kier molecular flexibility index (Phi) is 4.34. The molecule has 1 unspecified atom stereocenters. The Morgan fingerprint density at radius 3 is 2.81 bits per heavy atom. The maximum atomic E-state index is 12.9. The summed E-state index contributed by atoms with van der Waals surface area (Å²) in [5.41, 5.74) is 2.88. The second kappa shape index (κ2) is 6.66. The fourth-order valence-corrected chi connectivity index (χ4v) is 4.65. The Morgan fingerprint density at radius 1 is 1.15 bits per heavy atom. The van der Waals surface area contributed by atoms with Gasteiger partial charge in [0.2, 0.25) is 21.7 Å². The molecule has 2 aromatic carbocycles. The molecule has 1 heterocycles. The zero-order chi connectivity index (χ0) is 18.1. The molecule has 0 aliphatic heterocycles. The van der Waals surface area contributed by atoms with Gasteiger partial charge < -0.3 is 4.52 Å². The minimum Gasteiger partial charge on any atom is -0.339 e. The smallest absolute Gasteiger partial charge is 0.241 e. The third-order valence-electron chi connectivity index (χ3n) is 4.60. The van der Waals surface area contributed by atoms with Crippen molar-refractivity contribution in [2.24, 2.45) is 0 Å². The predicted molar refractivity (Wildman–Crippen MR) is 96.9 cm³/mol. The molecule has 0 bridgehead atoms. The van der Waals surface area contributed by atoms with Gasteiger partial charge in [-0.3, -0.25) is 0 Å². The third-order valence-corrected chi connectivity index (χ3v) is 6.07. The first-order valence-electron chi connectivity index (χ1n) is 8.54. The van der Waals surface area contributed by atoms with Gasteiger partial charge in [0, 0.05) is 18.5 Å². The predicted octanol–water partition coefficient (Wildman–Crippen LogP) is 3.40. The first kappa shape index (κ1) is 16.9. The summed E-state index contributed by atoms with van der Waals surface area (Å²) in [6, 6.07) is 14.4. The fourth-order valence-electron chi connectivity index (χ4n) is 3.35. The lowest BCUT2D eigenvalue weighted by molar-refractivity contribution is 0.394. The van der Waals surface area contributed by atoms with Crippen molar-refractivity contribution in [1.82, 2.24) is 14.9 Å². The van der Waals surface area contributed by atoms with E-state index in [0.29, 0.717) is 17.3 Å². The number of hydrogen-bond donors (Lipinski definition) is 1. The summed E-state index contributed by atoms with van der Waals surface area (Å²) in [4.78, 5) is 4.35. The van der Waals surface area contributed by atoms with E-state index in [-0.39, 0.29) is 10.9 Å². The number of aryl methyl sites for hydroxylation is 2. The summed E-state index contributed by atoms with van der Waals surface area (Å²) < 4.78 is 33.7. The van der Waals surface area contributed by atoms with Crippen LogP contribution in [-0.2, 0) is 16.4 Å². The monoisotopic (exact) mass is 369 g/mol. The van der Waals surface area contributed by atoms with Gasteiger partial charge in [0.1, 0.15) is 0 Å². The summed E-state index contributed by atoms with van der Waals surface area (Å²) in [7, 11) is -3.66. The zero-order valence-electron chi connectivity index (χ0n) is 14.3. The van der Waals surface area contributed by atoms with Crippen LogP contribution < -0.4 is 4.72 Å². The zero-order valence-corrected chi connectivity index (χ0v) is 15.2. The Bertz CT molecular complexity index is 1040. The van der Waals surface area contributed by atoms with Gasteiger partial charge in [-0.1, -0.05) is 41.6 Å².